The quantitative estimate of drug-likeness (QED) is 0.636. The Bertz CT molecular complexity index is 706. The van der Waals surface area contributed by atoms with Crippen LogP contribution in [0, 0.1) is 0 Å². The van der Waals surface area contributed by atoms with Crippen molar-refractivity contribution >= 4 is 11.6 Å². The van der Waals surface area contributed by atoms with Crippen LogP contribution in [-0.2, 0) is 11.2 Å². The van der Waals surface area contributed by atoms with Crippen LogP contribution in [0.5, 0.6) is 0 Å². The Morgan fingerprint density at radius 1 is 1.04 bits per heavy atom. The van der Waals surface area contributed by atoms with Crippen LogP contribution in [-0.4, -0.2) is 36.5 Å². The number of amides is 1. The van der Waals surface area contributed by atoms with Gasteiger partial charge in [-0.1, -0.05) is 54.6 Å². The lowest BCUT2D eigenvalue weighted by Gasteiger charge is -2.38. The Balaban J connectivity index is 1.58. The zero-order chi connectivity index (χ0) is 18.9. The molecule has 2 aromatic carbocycles. The molecule has 0 atom stereocenters. The topological polar surface area (TPSA) is 23.6 Å². The maximum atomic E-state index is 12.9. The van der Waals surface area contributed by atoms with Crippen LogP contribution in [0.4, 0.5) is 5.69 Å². The van der Waals surface area contributed by atoms with Gasteiger partial charge in [0.15, 0.2) is 0 Å². The molecular weight excluding hydrogens is 332 g/mol. The number of benzene rings is 2. The largest absolute Gasteiger partial charge is 0.309 e. The Morgan fingerprint density at radius 3 is 2.30 bits per heavy atom. The fourth-order valence-electron chi connectivity index (χ4n) is 3.83. The first-order valence-corrected chi connectivity index (χ1v) is 10.0. The first kappa shape index (κ1) is 19.4. The molecule has 2 aromatic rings. The third-order valence-corrected chi connectivity index (χ3v) is 5.35. The molecule has 142 valence electrons. The molecule has 1 heterocycles. The average molecular weight is 363 g/mol. The predicted molar refractivity (Wildman–Crippen MR) is 113 cm³/mol. The van der Waals surface area contributed by atoms with E-state index in [0.29, 0.717) is 6.42 Å². The van der Waals surface area contributed by atoms with E-state index in [2.05, 4.69) is 41.8 Å². The number of likely N-dealkylation sites (tertiary alicyclic amines) is 1. The van der Waals surface area contributed by atoms with Crippen LogP contribution in [0.3, 0.4) is 0 Å². The number of anilines is 1. The van der Waals surface area contributed by atoms with Gasteiger partial charge in [-0.05, 0) is 43.4 Å². The van der Waals surface area contributed by atoms with Crippen molar-refractivity contribution in [1.29, 1.82) is 0 Å². The molecule has 1 aliphatic rings. The SMILES string of the molecule is C=CCCC(=O)N(c1ccccc1)C1CCN(CCc2ccccc2)CC1. The summed E-state index contributed by atoms with van der Waals surface area (Å²) < 4.78 is 0. The van der Waals surface area contributed by atoms with Crippen molar-refractivity contribution < 1.29 is 4.79 Å². The Kier molecular flexibility index (Phi) is 7.23. The van der Waals surface area contributed by atoms with Gasteiger partial charge < -0.3 is 9.80 Å². The van der Waals surface area contributed by atoms with Crippen molar-refractivity contribution in [2.75, 3.05) is 24.5 Å². The van der Waals surface area contributed by atoms with Gasteiger partial charge in [0.1, 0.15) is 0 Å². The van der Waals surface area contributed by atoms with Crippen molar-refractivity contribution in [2.45, 2.75) is 38.1 Å². The standard InChI is InChI=1S/C24H30N2O/c1-2-3-14-24(27)26(22-12-8-5-9-13-22)23-16-19-25(20-17-23)18-15-21-10-6-4-7-11-21/h2,4-13,23H,1,3,14-20H2. The summed E-state index contributed by atoms with van der Waals surface area (Å²) in [6.45, 7) is 6.95. The number of carbonyl (C=O) groups excluding carboxylic acids is 1. The summed E-state index contributed by atoms with van der Waals surface area (Å²) in [7, 11) is 0. The minimum Gasteiger partial charge on any atom is -0.309 e. The number of carbonyl (C=O) groups is 1. The van der Waals surface area contributed by atoms with E-state index < -0.39 is 0 Å². The molecule has 1 saturated heterocycles. The minimum absolute atomic E-state index is 0.212. The number of allylic oxidation sites excluding steroid dienone is 1. The lowest BCUT2D eigenvalue weighted by molar-refractivity contribution is -0.119. The Morgan fingerprint density at radius 2 is 1.67 bits per heavy atom. The van der Waals surface area contributed by atoms with E-state index in [1.54, 1.807) is 0 Å². The van der Waals surface area contributed by atoms with E-state index in [-0.39, 0.29) is 11.9 Å². The zero-order valence-electron chi connectivity index (χ0n) is 16.1. The van der Waals surface area contributed by atoms with E-state index in [4.69, 9.17) is 0 Å². The molecule has 0 radical (unpaired) electrons. The maximum absolute atomic E-state index is 12.9. The summed E-state index contributed by atoms with van der Waals surface area (Å²) >= 11 is 0. The highest BCUT2D eigenvalue weighted by Crippen LogP contribution is 2.25. The highest BCUT2D eigenvalue weighted by Gasteiger charge is 2.28. The van der Waals surface area contributed by atoms with Crippen molar-refractivity contribution in [3.63, 3.8) is 0 Å². The van der Waals surface area contributed by atoms with E-state index in [1.807, 2.05) is 41.3 Å². The number of hydrogen-bond donors (Lipinski definition) is 0. The first-order valence-electron chi connectivity index (χ1n) is 10.0. The molecule has 0 unspecified atom stereocenters. The lowest BCUT2D eigenvalue weighted by Crippen LogP contribution is -2.48. The van der Waals surface area contributed by atoms with E-state index in [1.165, 1.54) is 5.56 Å². The van der Waals surface area contributed by atoms with Gasteiger partial charge in [-0.25, -0.2) is 0 Å². The average Bonchev–Trinajstić information content (AvgIpc) is 2.73. The van der Waals surface area contributed by atoms with Gasteiger partial charge in [0.2, 0.25) is 5.91 Å². The van der Waals surface area contributed by atoms with Crippen molar-refractivity contribution in [2.24, 2.45) is 0 Å². The maximum Gasteiger partial charge on any atom is 0.227 e. The molecule has 0 N–H and O–H groups in total. The van der Waals surface area contributed by atoms with Crippen LogP contribution >= 0.6 is 0 Å². The van der Waals surface area contributed by atoms with Crippen molar-refractivity contribution in [3.8, 4) is 0 Å². The molecule has 1 fully saturated rings. The highest BCUT2D eigenvalue weighted by atomic mass is 16.2. The van der Waals surface area contributed by atoms with Crippen LogP contribution in [0.2, 0.25) is 0 Å². The third kappa shape index (κ3) is 5.54. The summed E-state index contributed by atoms with van der Waals surface area (Å²) in [4.78, 5) is 17.4. The van der Waals surface area contributed by atoms with E-state index in [0.717, 1.165) is 51.0 Å². The molecule has 1 amide bonds. The minimum atomic E-state index is 0.212. The van der Waals surface area contributed by atoms with Crippen LogP contribution in [0.15, 0.2) is 73.3 Å². The summed E-state index contributed by atoms with van der Waals surface area (Å²) in [5, 5.41) is 0. The molecule has 0 saturated carbocycles. The smallest absolute Gasteiger partial charge is 0.227 e. The summed E-state index contributed by atoms with van der Waals surface area (Å²) in [5.41, 5.74) is 2.42. The number of hydrogen-bond acceptors (Lipinski definition) is 2. The molecule has 0 bridgehead atoms. The summed E-state index contributed by atoms with van der Waals surface area (Å²) in [5.74, 6) is 0.212. The fraction of sp³-hybridized carbons (Fsp3) is 0.375. The van der Waals surface area contributed by atoms with Crippen LogP contribution in [0.25, 0.3) is 0 Å². The normalized spacial score (nSPS) is 15.4. The monoisotopic (exact) mass is 362 g/mol. The van der Waals surface area contributed by atoms with Gasteiger partial charge in [0.05, 0.1) is 0 Å². The fourth-order valence-corrected chi connectivity index (χ4v) is 3.83. The Labute approximate surface area is 163 Å². The molecule has 27 heavy (non-hydrogen) atoms. The second-order valence-electron chi connectivity index (χ2n) is 7.24. The number of rotatable bonds is 8. The summed E-state index contributed by atoms with van der Waals surface area (Å²) in [6, 6.07) is 21.1. The second-order valence-corrected chi connectivity index (χ2v) is 7.24. The first-order chi connectivity index (χ1) is 13.3. The van der Waals surface area contributed by atoms with Gasteiger partial charge in [0.25, 0.3) is 0 Å². The van der Waals surface area contributed by atoms with Gasteiger partial charge in [-0.2, -0.15) is 0 Å². The molecule has 3 rings (SSSR count). The number of piperidine rings is 1. The molecular formula is C24H30N2O. The van der Waals surface area contributed by atoms with E-state index in [9.17, 15) is 4.79 Å². The molecule has 0 aromatic heterocycles. The third-order valence-electron chi connectivity index (χ3n) is 5.35. The number of nitrogens with zero attached hydrogens (tertiary/aromatic N) is 2. The van der Waals surface area contributed by atoms with Crippen molar-refractivity contribution in [1.82, 2.24) is 4.90 Å². The van der Waals surface area contributed by atoms with Crippen LogP contribution < -0.4 is 4.90 Å². The van der Waals surface area contributed by atoms with Gasteiger partial charge in [0, 0.05) is 37.8 Å². The summed E-state index contributed by atoms with van der Waals surface area (Å²) in [6.07, 6.45) is 6.25. The molecule has 0 spiro atoms. The van der Waals surface area contributed by atoms with E-state index >= 15 is 0 Å². The lowest BCUT2D eigenvalue weighted by atomic mass is 10.0. The highest BCUT2D eigenvalue weighted by molar-refractivity contribution is 5.94. The van der Waals surface area contributed by atoms with Gasteiger partial charge in [-0.15, -0.1) is 6.58 Å². The molecule has 3 nitrogen and oxygen atoms in total. The zero-order valence-corrected chi connectivity index (χ0v) is 16.1. The molecule has 3 heteroatoms. The predicted octanol–water partition coefficient (Wildman–Crippen LogP) is 4.69. The molecule has 1 aliphatic heterocycles. The van der Waals surface area contributed by atoms with Crippen LogP contribution in [0.1, 0.15) is 31.2 Å². The molecule has 0 aliphatic carbocycles. The van der Waals surface area contributed by atoms with Gasteiger partial charge >= 0.3 is 0 Å². The second kappa shape index (κ2) is 10.1. The number of para-hydroxylation sites is 1. The Hall–Kier alpha value is -2.39. The van der Waals surface area contributed by atoms with Gasteiger partial charge in [-0.3, -0.25) is 4.79 Å². The van der Waals surface area contributed by atoms with Crippen molar-refractivity contribution in [3.05, 3.63) is 78.9 Å².